The van der Waals surface area contributed by atoms with Crippen LogP contribution in [0, 0.1) is 0 Å². The van der Waals surface area contributed by atoms with Gasteiger partial charge in [-0.1, -0.05) is 0 Å². The van der Waals surface area contributed by atoms with Gasteiger partial charge >= 0.3 is 6.18 Å². The molecule has 21 heavy (non-hydrogen) atoms. The first kappa shape index (κ1) is 13.3. The number of alkyl halides is 3. The van der Waals surface area contributed by atoms with E-state index in [4.69, 9.17) is 15.9 Å². The van der Waals surface area contributed by atoms with Crippen molar-refractivity contribution < 1.29 is 17.6 Å². The largest absolute Gasteiger partial charge is 0.436 e. The average Bonchev–Trinajstić information content (AvgIpc) is 2.80. The monoisotopic (exact) mass is 293 g/mol. The quantitative estimate of drug-likeness (QED) is 0.671. The third-order valence-corrected chi connectivity index (χ3v) is 2.99. The summed E-state index contributed by atoms with van der Waals surface area (Å²) in [5, 5.41) is 0. The van der Waals surface area contributed by atoms with Crippen molar-refractivity contribution in [2.45, 2.75) is 6.18 Å². The molecule has 108 valence electrons. The van der Waals surface area contributed by atoms with Gasteiger partial charge in [-0.15, -0.1) is 0 Å². The summed E-state index contributed by atoms with van der Waals surface area (Å²) in [5.74, 6) is -0.122. The lowest BCUT2D eigenvalue weighted by Gasteiger charge is -2.11. The van der Waals surface area contributed by atoms with E-state index in [9.17, 15) is 13.2 Å². The van der Waals surface area contributed by atoms with Crippen molar-refractivity contribution in [1.82, 2.24) is 4.98 Å². The zero-order valence-electron chi connectivity index (χ0n) is 10.6. The van der Waals surface area contributed by atoms with Crippen molar-refractivity contribution in [3.05, 3.63) is 42.0 Å². The SMILES string of the molecule is Nc1ccc(-c2nc3cc(N)ccc3o2)c(C(F)(F)F)c1. The number of hydrogen-bond acceptors (Lipinski definition) is 4. The van der Waals surface area contributed by atoms with Crippen molar-refractivity contribution >= 4 is 22.5 Å². The number of rotatable bonds is 1. The predicted octanol–water partition coefficient (Wildman–Crippen LogP) is 3.68. The Bertz CT molecular complexity index is 824. The maximum Gasteiger partial charge on any atom is 0.417 e. The number of nitrogens with zero attached hydrogens (tertiary/aromatic N) is 1. The molecule has 1 heterocycles. The molecule has 3 rings (SSSR count). The zero-order valence-corrected chi connectivity index (χ0v) is 10.6. The van der Waals surface area contributed by atoms with Crippen LogP contribution in [0.4, 0.5) is 24.5 Å². The highest BCUT2D eigenvalue weighted by Crippen LogP contribution is 2.38. The first-order valence-corrected chi connectivity index (χ1v) is 5.98. The van der Waals surface area contributed by atoms with Crippen LogP contribution in [0.15, 0.2) is 40.8 Å². The number of fused-ring (bicyclic) bond motifs is 1. The van der Waals surface area contributed by atoms with Gasteiger partial charge in [0.25, 0.3) is 0 Å². The molecule has 0 saturated heterocycles. The molecule has 0 amide bonds. The lowest BCUT2D eigenvalue weighted by molar-refractivity contribution is -0.137. The molecule has 0 fully saturated rings. The van der Waals surface area contributed by atoms with Gasteiger partial charge in [-0.25, -0.2) is 4.98 Å². The van der Waals surface area contributed by atoms with Gasteiger partial charge in [0, 0.05) is 16.9 Å². The highest BCUT2D eigenvalue weighted by molar-refractivity contribution is 5.80. The number of nitrogens with two attached hydrogens (primary N) is 2. The summed E-state index contributed by atoms with van der Waals surface area (Å²) in [7, 11) is 0. The molecule has 0 atom stereocenters. The van der Waals surface area contributed by atoms with Gasteiger partial charge in [-0.3, -0.25) is 0 Å². The number of oxazole rings is 1. The molecule has 2 aromatic carbocycles. The van der Waals surface area contributed by atoms with Crippen molar-refractivity contribution in [3.8, 4) is 11.5 Å². The third-order valence-electron chi connectivity index (χ3n) is 2.99. The van der Waals surface area contributed by atoms with Crippen LogP contribution in [-0.2, 0) is 6.18 Å². The van der Waals surface area contributed by atoms with Crippen molar-refractivity contribution in [1.29, 1.82) is 0 Å². The Balaban J connectivity index is 2.22. The summed E-state index contributed by atoms with van der Waals surface area (Å²) in [6.45, 7) is 0. The number of benzene rings is 2. The Labute approximate surface area is 117 Å². The fourth-order valence-electron chi connectivity index (χ4n) is 2.04. The molecule has 0 aliphatic carbocycles. The standard InChI is InChI=1S/C14H10F3N3O/c15-14(16,17)10-5-7(18)1-3-9(10)13-20-11-6-8(19)2-4-12(11)21-13/h1-6H,18-19H2. The summed E-state index contributed by atoms with van der Waals surface area (Å²) in [6.07, 6.45) is -4.55. The highest BCUT2D eigenvalue weighted by Gasteiger charge is 2.35. The van der Waals surface area contributed by atoms with E-state index in [1.807, 2.05) is 0 Å². The second-order valence-corrected chi connectivity index (χ2v) is 4.55. The molecule has 1 aromatic heterocycles. The fourth-order valence-corrected chi connectivity index (χ4v) is 2.04. The van der Waals surface area contributed by atoms with Gasteiger partial charge in [0.05, 0.1) is 5.56 Å². The number of halogens is 3. The van der Waals surface area contributed by atoms with Crippen LogP contribution in [0.1, 0.15) is 5.56 Å². The molecule has 0 radical (unpaired) electrons. The molecule has 4 N–H and O–H groups in total. The maximum absolute atomic E-state index is 13.1. The Morgan fingerprint density at radius 3 is 2.33 bits per heavy atom. The van der Waals surface area contributed by atoms with E-state index in [2.05, 4.69) is 4.98 Å². The molecule has 0 bridgehead atoms. The van der Waals surface area contributed by atoms with E-state index in [-0.39, 0.29) is 17.1 Å². The van der Waals surface area contributed by atoms with Crippen LogP contribution in [0.2, 0.25) is 0 Å². The van der Waals surface area contributed by atoms with Crippen LogP contribution in [0.3, 0.4) is 0 Å². The molecule has 0 spiro atoms. The van der Waals surface area contributed by atoms with E-state index >= 15 is 0 Å². The molecule has 0 saturated carbocycles. The van der Waals surface area contributed by atoms with E-state index in [0.29, 0.717) is 16.8 Å². The topological polar surface area (TPSA) is 78.1 Å². The smallest absolute Gasteiger partial charge is 0.417 e. The molecule has 3 aromatic rings. The lowest BCUT2D eigenvalue weighted by atomic mass is 10.1. The first-order chi connectivity index (χ1) is 9.84. The normalized spacial score (nSPS) is 12.0. The van der Waals surface area contributed by atoms with Gasteiger partial charge in [0.1, 0.15) is 5.52 Å². The number of anilines is 2. The van der Waals surface area contributed by atoms with Crippen LogP contribution in [0.5, 0.6) is 0 Å². The number of nitrogen functional groups attached to an aromatic ring is 2. The minimum atomic E-state index is -4.55. The molecule has 0 aliphatic heterocycles. The van der Waals surface area contributed by atoms with E-state index in [0.717, 1.165) is 6.07 Å². The minimum absolute atomic E-state index is 0.0198. The second-order valence-electron chi connectivity index (χ2n) is 4.55. The van der Waals surface area contributed by atoms with Crippen molar-refractivity contribution in [3.63, 3.8) is 0 Å². The lowest BCUT2D eigenvalue weighted by Crippen LogP contribution is -2.08. The van der Waals surface area contributed by atoms with Crippen LogP contribution >= 0.6 is 0 Å². The van der Waals surface area contributed by atoms with E-state index < -0.39 is 11.7 Å². The number of aromatic nitrogens is 1. The average molecular weight is 293 g/mol. The fraction of sp³-hybridized carbons (Fsp3) is 0.0714. The molecule has 0 aliphatic rings. The minimum Gasteiger partial charge on any atom is -0.436 e. The van der Waals surface area contributed by atoms with Gasteiger partial charge in [0.15, 0.2) is 5.58 Å². The van der Waals surface area contributed by atoms with Crippen molar-refractivity contribution in [2.75, 3.05) is 11.5 Å². The van der Waals surface area contributed by atoms with E-state index in [1.165, 1.54) is 18.2 Å². The Hall–Kier alpha value is -2.70. The van der Waals surface area contributed by atoms with Gasteiger partial charge < -0.3 is 15.9 Å². The van der Waals surface area contributed by atoms with Crippen LogP contribution < -0.4 is 11.5 Å². The molecule has 0 unspecified atom stereocenters. The molecule has 7 heteroatoms. The summed E-state index contributed by atoms with van der Waals surface area (Å²) >= 11 is 0. The molecular weight excluding hydrogens is 283 g/mol. The number of hydrogen-bond donors (Lipinski definition) is 2. The summed E-state index contributed by atoms with van der Waals surface area (Å²) in [4.78, 5) is 4.06. The Morgan fingerprint density at radius 1 is 0.952 bits per heavy atom. The highest BCUT2D eigenvalue weighted by atomic mass is 19.4. The van der Waals surface area contributed by atoms with Crippen molar-refractivity contribution in [2.24, 2.45) is 0 Å². The Morgan fingerprint density at radius 2 is 1.62 bits per heavy atom. The van der Waals surface area contributed by atoms with Crippen LogP contribution in [0.25, 0.3) is 22.6 Å². The van der Waals surface area contributed by atoms with Crippen LogP contribution in [-0.4, -0.2) is 4.98 Å². The second kappa shape index (κ2) is 4.41. The predicted molar refractivity (Wildman–Crippen MR) is 73.3 cm³/mol. The third kappa shape index (κ3) is 2.37. The van der Waals surface area contributed by atoms with E-state index in [1.54, 1.807) is 12.1 Å². The first-order valence-electron chi connectivity index (χ1n) is 5.98. The maximum atomic E-state index is 13.1. The molecular formula is C14H10F3N3O. The summed E-state index contributed by atoms with van der Waals surface area (Å²) in [6, 6.07) is 8.15. The van der Waals surface area contributed by atoms with Gasteiger partial charge in [-0.2, -0.15) is 13.2 Å². The zero-order chi connectivity index (χ0) is 15.2. The molecule has 4 nitrogen and oxygen atoms in total. The van der Waals surface area contributed by atoms with Gasteiger partial charge in [0.2, 0.25) is 5.89 Å². The Kier molecular flexibility index (Phi) is 2.79. The summed E-state index contributed by atoms with van der Waals surface area (Å²) < 4.78 is 44.6. The van der Waals surface area contributed by atoms with Gasteiger partial charge in [-0.05, 0) is 36.4 Å². The summed E-state index contributed by atoms with van der Waals surface area (Å²) in [5.41, 5.74) is 11.2.